The van der Waals surface area contributed by atoms with Crippen molar-refractivity contribution in [2.75, 3.05) is 0 Å². The van der Waals surface area contributed by atoms with E-state index in [0.29, 0.717) is 5.92 Å². The first-order valence-corrected chi connectivity index (χ1v) is 5.75. The Morgan fingerprint density at radius 3 is 2.53 bits per heavy atom. The average Bonchev–Trinajstić information content (AvgIpc) is 2.73. The Morgan fingerprint density at radius 2 is 2.07 bits per heavy atom. The lowest BCUT2D eigenvalue weighted by Crippen LogP contribution is -2.35. The Hall–Kier alpha value is -0.870. The van der Waals surface area contributed by atoms with Gasteiger partial charge in [0.15, 0.2) is 0 Å². The van der Waals surface area contributed by atoms with Crippen LogP contribution in [0.4, 0.5) is 0 Å². The molecule has 0 saturated heterocycles. The van der Waals surface area contributed by atoms with Crippen LogP contribution < -0.4 is 11.3 Å². The number of nitrogens with two attached hydrogens (primary N) is 1. The normalized spacial score (nSPS) is 13.4. The van der Waals surface area contributed by atoms with Gasteiger partial charge in [-0.25, -0.2) is 10.4 Å². The van der Waals surface area contributed by atoms with Gasteiger partial charge in [0.25, 0.3) is 0 Å². The SMILES string of the molecule is CCC(CC)C(NN)c1nccn1CC. The molecule has 0 saturated carbocycles. The molecule has 4 heteroatoms. The maximum atomic E-state index is 5.64. The largest absolute Gasteiger partial charge is 0.334 e. The maximum absolute atomic E-state index is 5.64. The van der Waals surface area contributed by atoms with Gasteiger partial charge in [0, 0.05) is 18.9 Å². The predicted molar refractivity (Wildman–Crippen MR) is 62.0 cm³/mol. The summed E-state index contributed by atoms with van der Waals surface area (Å²) >= 11 is 0. The van der Waals surface area contributed by atoms with Crippen LogP contribution in [-0.4, -0.2) is 9.55 Å². The average molecular weight is 210 g/mol. The van der Waals surface area contributed by atoms with Crippen molar-refractivity contribution in [3.05, 3.63) is 18.2 Å². The second kappa shape index (κ2) is 5.88. The fourth-order valence-corrected chi connectivity index (χ4v) is 2.05. The lowest BCUT2D eigenvalue weighted by Gasteiger charge is -2.24. The topological polar surface area (TPSA) is 55.9 Å². The zero-order valence-electron chi connectivity index (χ0n) is 9.90. The lowest BCUT2D eigenvalue weighted by atomic mass is 9.94. The van der Waals surface area contributed by atoms with Crippen molar-refractivity contribution in [1.29, 1.82) is 0 Å². The number of hydrazine groups is 1. The molecule has 0 aliphatic heterocycles. The van der Waals surface area contributed by atoms with Gasteiger partial charge in [-0.15, -0.1) is 0 Å². The number of aryl methyl sites for hydroxylation is 1. The van der Waals surface area contributed by atoms with Crippen LogP contribution in [0.15, 0.2) is 12.4 Å². The highest BCUT2D eigenvalue weighted by atomic mass is 15.3. The molecule has 0 bridgehead atoms. The molecule has 0 radical (unpaired) electrons. The lowest BCUT2D eigenvalue weighted by molar-refractivity contribution is 0.324. The molecule has 86 valence electrons. The van der Waals surface area contributed by atoms with E-state index in [2.05, 4.69) is 35.7 Å². The summed E-state index contributed by atoms with van der Waals surface area (Å²) < 4.78 is 2.14. The number of aromatic nitrogens is 2. The van der Waals surface area contributed by atoms with Crippen molar-refractivity contribution in [2.45, 2.75) is 46.2 Å². The zero-order chi connectivity index (χ0) is 11.3. The van der Waals surface area contributed by atoms with Crippen LogP contribution in [0, 0.1) is 5.92 Å². The number of nitrogens with one attached hydrogen (secondary N) is 1. The molecule has 3 N–H and O–H groups in total. The van der Waals surface area contributed by atoms with E-state index in [9.17, 15) is 0 Å². The zero-order valence-corrected chi connectivity index (χ0v) is 9.90. The molecule has 0 amide bonds. The van der Waals surface area contributed by atoms with E-state index in [-0.39, 0.29) is 6.04 Å². The first kappa shape index (κ1) is 12.2. The van der Waals surface area contributed by atoms with Gasteiger partial charge in [0.05, 0.1) is 6.04 Å². The van der Waals surface area contributed by atoms with E-state index in [1.165, 1.54) is 0 Å². The molecule has 1 unspecified atom stereocenters. The number of imidazole rings is 1. The van der Waals surface area contributed by atoms with Crippen LogP contribution in [0.25, 0.3) is 0 Å². The van der Waals surface area contributed by atoms with Crippen LogP contribution in [0.2, 0.25) is 0 Å². The third-order valence-corrected chi connectivity index (χ3v) is 3.07. The van der Waals surface area contributed by atoms with Crippen LogP contribution in [0.3, 0.4) is 0 Å². The molecule has 1 rings (SSSR count). The minimum absolute atomic E-state index is 0.162. The van der Waals surface area contributed by atoms with Gasteiger partial charge in [-0.3, -0.25) is 5.84 Å². The molecule has 0 spiro atoms. The number of nitrogens with zero attached hydrogens (tertiary/aromatic N) is 2. The smallest absolute Gasteiger partial charge is 0.127 e. The molecule has 0 aliphatic carbocycles. The van der Waals surface area contributed by atoms with E-state index in [4.69, 9.17) is 5.84 Å². The monoisotopic (exact) mass is 210 g/mol. The van der Waals surface area contributed by atoms with Gasteiger partial charge >= 0.3 is 0 Å². The van der Waals surface area contributed by atoms with E-state index in [0.717, 1.165) is 25.2 Å². The van der Waals surface area contributed by atoms with Crippen molar-refractivity contribution < 1.29 is 0 Å². The van der Waals surface area contributed by atoms with Crippen LogP contribution in [0.1, 0.15) is 45.5 Å². The second-order valence-corrected chi connectivity index (χ2v) is 3.79. The molecule has 4 nitrogen and oxygen atoms in total. The van der Waals surface area contributed by atoms with Crippen molar-refractivity contribution in [3.8, 4) is 0 Å². The maximum Gasteiger partial charge on any atom is 0.127 e. The number of rotatable bonds is 6. The summed E-state index contributed by atoms with van der Waals surface area (Å²) in [5.74, 6) is 7.23. The molecule has 0 fully saturated rings. The highest BCUT2D eigenvalue weighted by molar-refractivity contribution is 5.01. The third kappa shape index (κ3) is 2.58. The van der Waals surface area contributed by atoms with Crippen molar-refractivity contribution >= 4 is 0 Å². The molecule has 1 aromatic rings. The van der Waals surface area contributed by atoms with Gasteiger partial charge in [-0.1, -0.05) is 26.7 Å². The van der Waals surface area contributed by atoms with Crippen molar-refractivity contribution in [3.63, 3.8) is 0 Å². The molecular weight excluding hydrogens is 188 g/mol. The first-order chi connectivity index (χ1) is 7.28. The molecule has 1 atom stereocenters. The Kier molecular flexibility index (Phi) is 4.78. The minimum Gasteiger partial charge on any atom is -0.334 e. The molecule has 15 heavy (non-hydrogen) atoms. The van der Waals surface area contributed by atoms with Gasteiger partial charge in [-0.2, -0.15) is 0 Å². The van der Waals surface area contributed by atoms with Crippen molar-refractivity contribution in [1.82, 2.24) is 15.0 Å². The van der Waals surface area contributed by atoms with Crippen molar-refractivity contribution in [2.24, 2.45) is 11.8 Å². The van der Waals surface area contributed by atoms with E-state index in [1.807, 2.05) is 12.4 Å². The Bertz CT molecular complexity index is 278. The van der Waals surface area contributed by atoms with Gasteiger partial charge in [0.2, 0.25) is 0 Å². The Balaban J connectivity index is 2.90. The summed E-state index contributed by atoms with van der Waals surface area (Å²) in [6, 6.07) is 0.162. The quantitative estimate of drug-likeness (QED) is 0.556. The Morgan fingerprint density at radius 1 is 1.40 bits per heavy atom. The third-order valence-electron chi connectivity index (χ3n) is 3.07. The highest BCUT2D eigenvalue weighted by Gasteiger charge is 2.22. The van der Waals surface area contributed by atoms with Crippen LogP contribution in [0.5, 0.6) is 0 Å². The Labute approximate surface area is 91.8 Å². The van der Waals surface area contributed by atoms with Crippen LogP contribution in [-0.2, 0) is 6.54 Å². The van der Waals surface area contributed by atoms with Gasteiger partial charge in [-0.05, 0) is 12.8 Å². The fraction of sp³-hybridized carbons (Fsp3) is 0.727. The summed E-state index contributed by atoms with van der Waals surface area (Å²) in [5.41, 5.74) is 2.90. The fourth-order valence-electron chi connectivity index (χ4n) is 2.05. The highest BCUT2D eigenvalue weighted by Crippen LogP contribution is 2.25. The van der Waals surface area contributed by atoms with Gasteiger partial charge in [0.1, 0.15) is 5.82 Å². The minimum atomic E-state index is 0.162. The number of hydrogen-bond acceptors (Lipinski definition) is 3. The second-order valence-electron chi connectivity index (χ2n) is 3.79. The van der Waals surface area contributed by atoms with E-state index in [1.54, 1.807) is 0 Å². The van der Waals surface area contributed by atoms with E-state index >= 15 is 0 Å². The molecule has 1 aromatic heterocycles. The summed E-state index contributed by atoms with van der Waals surface area (Å²) in [6.07, 6.45) is 6.07. The molecular formula is C11H22N4. The molecule has 0 aliphatic rings. The summed E-state index contributed by atoms with van der Waals surface area (Å²) in [5, 5.41) is 0. The first-order valence-electron chi connectivity index (χ1n) is 5.75. The molecule has 1 heterocycles. The summed E-state index contributed by atoms with van der Waals surface area (Å²) in [7, 11) is 0. The summed E-state index contributed by atoms with van der Waals surface area (Å²) in [4.78, 5) is 4.40. The van der Waals surface area contributed by atoms with Crippen LogP contribution >= 0.6 is 0 Å². The predicted octanol–water partition coefficient (Wildman–Crippen LogP) is 1.84. The summed E-state index contributed by atoms with van der Waals surface area (Å²) in [6.45, 7) is 7.44. The number of hydrogen-bond donors (Lipinski definition) is 2. The standard InChI is InChI=1S/C11H22N4/c1-4-9(5-2)10(14-12)11-13-7-8-15(11)6-3/h7-10,14H,4-6,12H2,1-3H3. The van der Waals surface area contributed by atoms with E-state index < -0.39 is 0 Å². The molecule has 0 aromatic carbocycles. The van der Waals surface area contributed by atoms with Gasteiger partial charge < -0.3 is 4.57 Å².